The van der Waals surface area contributed by atoms with E-state index in [0.29, 0.717) is 12.3 Å². The zero-order valence-electron chi connectivity index (χ0n) is 11.0. The summed E-state index contributed by atoms with van der Waals surface area (Å²) in [5.41, 5.74) is 5.85. The Kier molecular flexibility index (Phi) is 4.75. The Labute approximate surface area is 103 Å². The Morgan fingerprint density at radius 3 is 2.53 bits per heavy atom. The van der Waals surface area contributed by atoms with Crippen LogP contribution in [0.1, 0.15) is 44.8 Å². The maximum absolute atomic E-state index is 11.7. The van der Waals surface area contributed by atoms with E-state index in [1.165, 1.54) is 0 Å². The van der Waals surface area contributed by atoms with Gasteiger partial charge in [0.2, 0.25) is 5.91 Å². The van der Waals surface area contributed by atoms with Crippen LogP contribution >= 0.6 is 0 Å². The van der Waals surface area contributed by atoms with Gasteiger partial charge in [0.25, 0.3) is 0 Å². The predicted octanol–water partition coefficient (Wildman–Crippen LogP) is 2.14. The zero-order chi connectivity index (χ0) is 13.0. The van der Waals surface area contributed by atoms with Crippen LogP contribution in [0.15, 0.2) is 16.5 Å². The minimum atomic E-state index is -0.115. The highest BCUT2D eigenvalue weighted by molar-refractivity contribution is 5.76. The number of nitrogens with two attached hydrogens (primary N) is 1. The van der Waals surface area contributed by atoms with E-state index in [1.54, 1.807) is 0 Å². The van der Waals surface area contributed by atoms with Crippen LogP contribution in [0.2, 0.25) is 0 Å². The number of aryl methyl sites for hydroxylation is 1. The van der Waals surface area contributed by atoms with Crippen molar-refractivity contribution in [3.05, 3.63) is 23.7 Å². The first kappa shape index (κ1) is 13.8. The molecule has 0 aliphatic carbocycles. The molecule has 0 fully saturated rings. The van der Waals surface area contributed by atoms with Crippen molar-refractivity contribution in [1.82, 2.24) is 5.32 Å². The molecule has 0 radical (unpaired) electrons. The molecule has 0 aromatic carbocycles. The molecule has 1 heterocycles. The summed E-state index contributed by atoms with van der Waals surface area (Å²) < 4.78 is 5.45. The molecular formula is C13H22N2O2. The van der Waals surface area contributed by atoms with E-state index in [9.17, 15) is 4.79 Å². The average molecular weight is 238 g/mol. The van der Waals surface area contributed by atoms with Crippen molar-refractivity contribution in [2.45, 2.75) is 46.2 Å². The Morgan fingerprint density at radius 2 is 2.06 bits per heavy atom. The number of carbonyl (C=O) groups is 1. The van der Waals surface area contributed by atoms with Crippen molar-refractivity contribution < 1.29 is 9.21 Å². The fourth-order valence-corrected chi connectivity index (χ4v) is 1.51. The largest absolute Gasteiger partial charge is 0.464 e. The van der Waals surface area contributed by atoms with Crippen molar-refractivity contribution in [3.8, 4) is 0 Å². The van der Waals surface area contributed by atoms with Gasteiger partial charge in [0.05, 0.1) is 6.04 Å². The molecule has 4 nitrogen and oxygen atoms in total. The third-order valence-electron chi connectivity index (χ3n) is 2.84. The van der Waals surface area contributed by atoms with E-state index in [4.69, 9.17) is 10.2 Å². The predicted molar refractivity (Wildman–Crippen MR) is 67.4 cm³/mol. The van der Waals surface area contributed by atoms with Crippen molar-refractivity contribution >= 4 is 5.91 Å². The van der Waals surface area contributed by atoms with Gasteiger partial charge in [0.1, 0.15) is 11.5 Å². The van der Waals surface area contributed by atoms with E-state index in [2.05, 4.69) is 5.32 Å². The smallest absolute Gasteiger partial charge is 0.222 e. The van der Waals surface area contributed by atoms with E-state index < -0.39 is 0 Å². The highest BCUT2D eigenvalue weighted by Crippen LogP contribution is 2.15. The Hall–Kier alpha value is -1.29. The molecule has 1 rings (SSSR count). The van der Waals surface area contributed by atoms with Gasteiger partial charge in [-0.15, -0.1) is 0 Å². The van der Waals surface area contributed by atoms with Crippen LogP contribution < -0.4 is 11.1 Å². The topological polar surface area (TPSA) is 68.3 Å². The molecule has 96 valence electrons. The lowest BCUT2D eigenvalue weighted by Gasteiger charge is -2.17. The van der Waals surface area contributed by atoms with Gasteiger partial charge in [0.15, 0.2) is 0 Å². The van der Waals surface area contributed by atoms with Gasteiger partial charge in [-0.3, -0.25) is 4.79 Å². The minimum absolute atomic E-state index is 0.0345. The highest BCUT2D eigenvalue weighted by atomic mass is 16.3. The van der Waals surface area contributed by atoms with Crippen molar-refractivity contribution in [2.24, 2.45) is 11.7 Å². The summed E-state index contributed by atoms with van der Waals surface area (Å²) in [6.07, 6.45) is 0.349. The number of hydrogen-bond acceptors (Lipinski definition) is 3. The molecule has 1 aromatic rings. The monoisotopic (exact) mass is 238 g/mol. The summed E-state index contributed by atoms with van der Waals surface area (Å²) in [7, 11) is 0. The SMILES string of the molecule is Cc1ccc(C(C)NC(=O)CC(N)C(C)C)o1. The number of amides is 1. The third kappa shape index (κ3) is 4.23. The summed E-state index contributed by atoms with van der Waals surface area (Å²) in [4.78, 5) is 11.7. The van der Waals surface area contributed by atoms with Crippen LogP contribution in [0.3, 0.4) is 0 Å². The normalized spacial score (nSPS) is 14.7. The first-order valence-electron chi connectivity index (χ1n) is 6.01. The van der Waals surface area contributed by atoms with Crippen LogP contribution in [0, 0.1) is 12.8 Å². The molecule has 0 saturated carbocycles. The Balaban J connectivity index is 2.46. The standard InChI is InChI=1S/C13H22N2O2/c1-8(2)11(14)7-13(16)15-10(4)12-6-5-9(3)17-12/h5-6,8,10-11H,7,14H2,1-4H3,(H,15,16). The van der Waals surface area contributed by atoms with Crippen molar-refractivity contribution in [1.29, 1.82) is 0 Å². The molecule has 0 aliphatic heterocycles. The van der Waals surface area contributed by atoms with Crippen molar-refractivity contribution in [2.75, 3.05) is 0 Å². The van der Waals surface area contributed by atoms with Gasteiger partial charge in [-0.1, -0.05) is 13.8 Å². The zero-order valence-corrected chi connectivity index (χ0v) is 11.0. The van der Waals surface area contributed by atoms with E-state index in [-0.39, 0.29) is 18.0 Å². The van der Waals surface area contributed by atoms with Crippen LogP contribution in [-0.4, -0.2) is 11.9 Å². The summed E-state index contributed by atoms with van der Waals surface area (Å²) in [6.45, 7) is 7.80. The molecule has 4 heteroatoms. The van der Waals surface area contributed by atoms with Crippen LogP contribution in [-0.2, 0) is 4.79 Å². The summed E-state index contributed by atoms with van der Waals surface area (Å²) in [5, 5.41) is 2.88. The maximum Gasteiger partial charge on any atom is 0.222 e. The summed E-state index contributed by atoms with van der Waals surface area (Å²) >= 11 is 0. The fraction of sp³-hybridized carbons (Fsp3) is 0.615. The Morgan fingerprint density at radius 1 is 1.41 bits per heavy atom. The highest BCUT2D eigenvalue weighted by Gasteiger charge is 2.16. The van der Waals surface area contributed by atoms with Crippen LogP contribution in [0.4, 0.5) is 0 Å². The lowest BCUT2D eigenvalue weighted by Crippen LogP contribution is -2.35. The quantitative estimate of drug-likeness (QED) is 0.825. The van der Waals surface area contributed by atoms with Gasteiger partial charge in [-0.2, -0.15) is 0 Å². The second-order valence-electron chi connectivity index (χ2n) is 4.85. The van der Waals surface area contributed by atoms with Crippen LogP contribution in [0.5, 0.6) is 0 Å². The van der Waals surface area contributed by atoms with Gasteiger partial charge in [0, 0.05) is 12.5 Å². The molecule has 1 amide bonds. The second-order valence-corrected chi connectivity index (χ2v) is 4.85. The third-order valence-corrected chi connectivity index (χ3v) is 2.84. The van der Waals surface area contributed by atoms with Gasteiger partial charge >= 0.3 is 0 Å². The number of hydrogen-bond donors (Lipinski definition) is 2. The van der Waals surface area contributed by atoms with E-state index in [0.717, 1.165) is 11.5 Å². The van der Waals surface area contributed by atoms with Crippen molar-refractivity contribution in [3.63, 3.8) is 0 Å². The molecule has 1 aromatic heterocycles. The maximum atomic E-state index is 11.7. The Bertz CT molecular complexity index is 371. The molecule has 0 bridgehead atoms. The molecule has 2 unspecified atom stereocenters. The van der Waals surface area contributed by atoms with E-state index >= 15 is 0 Å². The first-order valence-corrected chi connectivity index (χ1v) is 6.01. The fourth-order valence-electron chi connectivity index (χ4n) is 1.51. The number of furan rings is 1. The molecular weight excluding hydrogens is 216 g/mol. The van der Waals surface area contributed by atoms with E-state index in [1.807, 2.05) is 39.8 Å². The molecule has 0 saturated heterocycles. The lowest BCUT2D eigenvalue weighted by atomic mass is 10.0. The number of nitrogens with one attached hydrogen (secondary N) is 1. The summed E-state index contributed by atoms with van der Waals surface area (Å²) in [5.74, 6) is 1.89. The average Bonchev–Trinajstić information content (AvgIpc) is 2.64. The molecule has 2 atom stereocenters. The first-order chi connectivity index (χ1) is 7.90. The number of rotatable bonds is 5. The lowest BCUT2D eigenvalue weighted by molar-refractivity contribution is -0.122. The van der Waals surface area contributed by atoms with Gasteiger partial charge < -0.3 is 15.5 Å². The molecule has 17 heavy (non-hydrogen) atoms. The molecule has 0 aliphatic rings. The molecule has 0 spiro atoms. The molecule has 3 N–H and O–H groups in total. The van der Waals surface area contributed by atoms with Crippen LogP contribution in [0.25, 0.3) is 0 Å². The minimum Gasteiger partial charge on any atom is -0.464 e. The second kappa shape index (κ2) is 5.87. The van der Waals surface area contributed by atoms with Gasteiger partial charge in [-0.05, 0) is 31.9 Å². The number of carbonyl (C=O) groups excluding carboxylic acids is 1. The summed E-state index contributed by atoms with van der Waals surface area (Å²) in [6, 6.07) is 3.55. The van der Waals surface area contributed by atoms with Gasteiger partial charge in [-0.25, -0.2) is 0 Å².